The van der Waals surface area contributed by atoms with Crippen LogP contribution in [0.1, 0.15) is 11.1 Å². The van der Waals surface area contributed by atoms with E-state index in [9.17, 15) is 5.11 Å². The third kappa shape index (κ3) is 0.760. The van der Waals surface area contributed by atoms with Gasteiger partial charge < -0.3 is 5.11 Å². The number of hydrogen-bond acceptors (Lipinski definition) is 1. The highest BCUT2D eigenvalue weighted by molar-refractivity contribution is 6.01. The normalized spacial score (nSPS) is 16.6. The van der Waals surface area contributed by atoms with E-state index in [2.05, 4.69) is 12.2 Å². The first-order valence-corrected chi connectivity index (χ1v) is 4.29. The number of aromatic hydroxyl groups is 1. The van der Waals surface area contributed by atoms with Gasteiger partial charge in [0.25, 0.3) is 0 Å². The molecule has 62 valence electrons. The first-order valence-electron chi connectivity index (χ1n) is 4.29. The molecular weight excluding hydrogens is 160 g/mol. The average molecular weight is 168 g/mol. The van der Waals surface area contributed by atoms with Crippen molar-refractivity contribution < 1.29 is 5.11 Å². The van der Waals surface area contributed by atoms with Crippen LogP contribution in [0.25, 0.3) is 11.6 Å². The fourth-order valence-electron chi connectivity index (χ4n) is 1.93. The summed E-state index contributed by atoms with van der Waals surface area (Å²) in [6.07, 6.45) is 8.22. The Bertz CT molecular complexity index is 476. The SMILES string of the molecule is Oc1cccc2c1C1=CC=CC1=C2. The van der Waals surface area contributed by atoms with Crippen molar-refractivity contribution >= 4 is 11.6 Å². The van der Waals surface area contributed by atoms with Crippen molar-refractivity contribution in [2.24, 2.45) is 0 Å². The Kier molecular flexibility index (Phi) is 1.10. The zero-order valence-electron chi connectivity index (χ0n) is 6.99. The van der Waals surface area contributed by atoms with Crippen LogP contribution in [0.15, 0.2) is 42.0 Å². The zero-order valence-corrected chi connectivity index (χ0v) is 6.99. The van der Waals surface area contributed by atoms with Crippen LogP contribution < -0.4 is 0 Å². The molecule has 0 spiro atoms. The molecule has 0 atom stereocenters. The second-order valence-electron chi connectivity index (χ2n) is 3.28. The molecule has 0 bridgehead atoms. The van der Waals surface area contributed by atoms with Crippen LogP contribution in [-0.2, 0) is 0 Å². The molecule has 1 N–H and O–H groups in total. The van der Waals surface area contributed by atoms with E-state index in [1.54, 1.807) is 6.07 Å². The molecule has 0 saturated carbocycles. The lowest BCUT2D eigenvalue weighted by Crippen LogP contribution is -1.81. The molecule has 0 saturated heterocycles. The summed E-state index contributed by atoms with van der Waals surface area (Å²) in [5, 5.41) is 9.68. The summed E-state index contributed by atoms with van der Waals surface area (Å²) in [5.41, 5.74) is 4.44. The molecule has 1 heteroatoms. The molecule has 13 heavy (non-hydrogen) atoms. The number of allylic oxidation sites excluding steroid dienone is 5. The zero-order chi connectivity index (χ0) is 8.84. The quantitative estimate of drug-likeness (QED) is 0.631. The maximum atomic E-state index is 9.68. The molecule has 0 unspecified atom stereocenters. The van der Waals surface area contributed by atoms with Crippen molar-refractivity contribution in [3.63, 3.8) is 0 Å². The van der Waals surface area contributed by atoms with E-state index in [0.717, 1.165) is 16.7 Å². The van der Waals surface area contributed by atoms with Gasteiger partial charge in [-0.25, -0.2) is 0 Å². The second kappa shape index (κ2) is 2.13. The van der Waals surface area contributed by atoms with Crippen molar-refractivity contribution in [1.82, 2.24) is 0 Å². The third-order valence-corrected chi connectivity index (χ3v) is 2.50. The molecule has 0 aromatic heterocycles. The molecule has 0 radical (unpaired) electrons. The van der Waals surface area contributed by atoms with Crippen LogP contribution in [-0.4, -0.2) is 5.11 Å². The number of rotatable bonds is 0. The molecule has 0 amide bonds. The maximum absolute atomic E-state index is 9.68. The molecule has 2 aliphatic rings. The first-order chi connectivity index (χ1) is 6.36. The molecule has 0 heterocycles. The summed E-state index contributed by atoms with van der Waals surface area (Å²) in [5.74, 6) is 0.374. The second-order valence-corrected chi connectivity index (χ2v) is 3.28. The number of benzene rings is 1. The Morgan fingerprint density at radius 2 is 2.08 bits per heavy atom. The molecule has 3 rings (SSSR count). The van der Waals surface area contributed by atoms with E-state index >= 15 is 0 Å². The highest BCUT2D eigenvalue weighted by atomic mass is 16.3. The van der Waals surface area contributed by atoms with Gasteiger partial charge in [-0.3, -0.25) is 0 Å². The lowest BCUT2D eigenvalue weighted by atomic mass is 10.0. The van der Waals surface area contributed by atoms with Crippen molar-refractivity contribution in [2.75, 3.05) is 0 Å². The largest absolute Gasteiger partial charge is 0.507 e. The number of fused-ring (bicyclic) bond motifs is 3. The summed E-state index contributed by atoms with van der Waals surface area (Å²) in [4.78, 5) is 0. The van der Waals surface area contributed by atoms with Crippen molar-refractivity contribution in [3.8, 4) is 5.75 Å². The van der Waals surface area contributed by atoms with Gasteiger partial charge in [0, 0.05) is 5.56 Å². The topological polar surface area (TPSA) is 20.2 Å². The van der Waals surface area contributed by atoms with E-state index in [1.165, 1.54) is 5.57 Å². The molecule has 1 nitrogen and oxygen atoms in total. The predicted molar refractivity (Wildman–Crippen MR) is 53.2 cm³/mol. The number of phenols is 1. The third-order valence-electron chi connectivity index (χ3n) is 2.50. The molecule has 1 aromatic rings. The Morgan fingerprint density at radius 1 is 1.15 bits per heavy atom. The van der Waals surface area contributed by atoms with Gasteiger partial charge in [0.15, 0.2) is 0 Å². The maximum Gasteiger partial charge on any atom is 0.124 e. The molecule has 2 aliphatic carbocycles. The van der Waals surface area contributed by atoms with Gasteiger partial charge >= 0.3 is 0 Å². The van der Waals surface area contributed by atoms with E-state index in [4.69, 9.17) is 0 Å². The number of hydrogen-bond donors (Lipinski definition) is 1. The Morgan fingerprint density at radius 3 is 3.00 bits per heavy atom. The lowest BCUT2D eigenvalue weighted by molar-refractivity contribution is 0.474. The number of phenolic OH excluding ortho intramolecular Hbond substituents is 1. The summed E-state index contributed by atoms with van der Waals surface area (Å²) >= 11 is 0. The minimum atomic E-state index is 0.374. The van der Waals surface area contributed by atoms with Crippen LogP contribution in [0.5, 0.6) is 5.75 Å². The minimum Gasteiger partial charge on any atom is -0.507 e. The highest BCUT2D eigenvalue weighted by Crippen LogP contribution is 2.42. The van der Waals surface area contributed by atoms with Gasteiger partial charge in [-0.1, -0.05) is 30.4 Å². The molecule has 0 aliphatic heterocycles. The van der Waals surface area contributed by atoms with Crippen LogP contribution in [0, 0.1) is 0 Å². The Hall–Kier alpha value is -1.76. The van der Waals surface area contributed by atoms with Gasteiger partial charge in [0.05, 0.1) is 0 Å². The van der Waals surface area contributed by atoms with Crippen molar-refractivity contribution in [3.05, 3.63) is 53.1 Å². The predicted octanol–water partition coefficient (Wildman–Crippen LogP) is 2.74. The molecule has 0 fully saturated rings. The monoisotopic (exact) mass is 168 g/mol. The average Bonchev–Trinajstić information content (AvgIpc) is 2.62. The Labute approximate surface area is 76.3 Å². The fourth-order valence-corrected chi connectivity index (χ4v) is 1.93. The van der Waals surface area contributed by atoms with Crippen LogP contribution in [0.2, 0.25) is 0 Å². The van der Waals surface area contributed by atoms with Gasteiger partial charge in [-0.05, 0) is 28.9 Å². The summed E-state index contributed by atoms with van der Waals surface area (Å²) in [7, 11) is 0. The van der Waals surface area contributed by atoms with Gasteiger partial charge in [0.1, 0.15) is 5.75 Å². The van der Waals surface area contributed by atoms with Gasteiger partial charge in [-0.2, -0.15) is 0 Å². The fraction of sp³-hybridized carbons (Fsp3) is 0. The van der Waals surface area contributed by atoms with E-state index in [1.807, 2.05) is 24.3 Å². The van der Waals surface area contributed by atoms with Crippen LogP contribution in [0.4, 0.5) is 0 Å². The van der Waals surface area contributed by atoms with Crippen molar-refractivity contribution in [1.29, 1.82) is 0 Å². The Balaban J connectivity index is 2.34. The van der Waals surface area contributed by atoms with E-state index in [-0.39, 0.29) is 0 Å². The van der Waals surface area contributed by atoms with Gasteiger partial charge in [-0.15, -0.1) is 0 Å². The van der Waals surface area contributed by atoms with E-state index < -0.39 is 0 Å². The summed E-state index contributed by atoms with van der Waals surface area (Å²) in [6.45, 7) is 0. The van der Waals surface area contributed by atoms with Crippen LogP contribution in [0.3, 0.4) is 0 Å². The first kappa shape index (κ1) is 6.72. The smallest absolute Gasteiger partial charge is 0.124 e. The summed E-state index contributed by atoms with van der Waals surface area (Å²) in [6, 6.07) is 5.63. The van der Waals surface area contributed by atoms with Gasteiger partial charge in [0.2, 0.25) is 0 Å². The summed E-state index contributed by atoms with van der Waals surface area (Å²) < 4.78 is 0. The highest BCUT2D eigenvalue weighted by Gasteiger charge is 2.21. The lowest BCUT2D eigenvalue weighted by Gasteiger charge is -2.03. The standard InChI is InChI=1S/C12H8O/c13-11-6-2-4-9-7-8-3-1-5-10(8)12(9)11/h1-7,13H. The molecular formula is C12H8O. The molecule has 1 aromatic carbocycles. The van der Waals surface area contributed by atoms with Crippen LogP contribution >= 0.6 is 0 Å². The minimum absolute atomic E-state index is 0.374. The van der Waals surface area contributed by atoms with E-state index in [0.29, 0.717) is 5.75 Å². The van der Waals surface area contributed by atoms with Crippen molar-refractivity contribution in [2.45, 2.75) is 0 Å².